The van der Waals surface area contributed by atoms with Crippen LogP contribution in [0, 0.1) is 19.8 Å². The second-order valence-electron chi connectivity index (χ2n) is 7.87. The summed E-state index contributed by atoms with van der Waals surface area (Å²) < 4.78 is 0. The normalized spacial score (nSPS) is 19.1. The number of para-hydroxylation sites is 1. The van der Waals surface area contributed by atoms with Crippen LogP contribution in [0.5, 0.6) is 0 Å². The highest BCUT2D eigenvalue weighted by Crippen LogP contribution is 2.36. The molecule has 3 amide bonds. The lowest BCUT2D eigenvalue weighted by molar-refractivity contribution is -0.136. The molecule has 2 aliphatic heterocycles. The van der Waals surface area contributed by atoms with E-state index >= 15 is 0 Å². The van der Waals surface area contributed by atoms with E-state index in [0.29, 0.717) is 25.9 Å². The molecule has 1 fully saturated rings. The number of hydrogen-bond donors (Lipinski definition) is 2. The van der Waals surface area contributed by atoms with Crippen molar-refractivity contribution >= 4 is 40.9 Å². The summed E-state index contributed by atoms with van der Waals surface area (Å²) in [5, 5.41) is 5.04. The van der Waals surface area contributed by atoms with Gasteiger partial charge in [0.2, 0.25) is 17.7 Å². The molecule has 0 radical (unpaired) electrons. The van der Waals surface area contributed by atoms with Gasteiger partial charge in [0.05, 0.1) is 5.69 Å². The van der Waals surface area contributed by atoms with Gasteiger partial charge in [-0.3, -0.25) is 14.4 Å². The van der Waals surface area contributed by atoms with Gasteiger partial charge in [0.15, 0.2) is 5.25 Å². The van der Waals surface area contributed by atoms with Crippen LogP contribution in [0.2, 0.25) is 0 Å². The Balaban J connectivity index is 1.34. The number of aryl methyl sites for hydroxylation is 2. The second kappa shape index (κ2) is 8.52. The molecule has 2 N–H and O–H groups in total. The average molecular weight is 424 g/mol. The summed E-state index contributed by atoms with van der Waals surface area (Å²) in [5.74, 6) is -0.605. The zero-order chi connectivity index (χ0) is 21.3. The maximum atomic E-state index is 13.0. The topological polar surface area (TPSA) is 78.5 Å². The summed E-state index contributed by atoms with van der Waals surface area (Å²) in [7, 11) is 0. The molecule has 0 saturated carbocycles. The summed E-state index contributed by atoms with van der Waals surface area (Å²) in [5.41, 5.74) is 3.87. The minimum absolute atomic E-state index is 0.0101. The zero-order valence-corrected chi connectivity index (χ0v) is 17.9. The fourth-order valence-electron chi connectivity index (χ4n) is 3.81. The van der Waals surface area contributed by atoms with Crippen molar-refractivity contribution in [1.29, 1.82) is 0 Å². The number of carbonyl (C=O) groups is 3. The van der Waals surface area contributed by atoms with Gasteiger partial charge in [0, 0.05) is 29.6 Å². The van der Waals surface area contributed by atoms with E-state index in [1.165, 1.54) is 17.3 Å². The molecule has 1 saturated heterocycles. The monoisotopic (exact) mass is 423 g/mol. The van der Waals surface area contributed by atoms with E-state index in [-0.39, 0.29) is 23.6 Å². The van der Waals surface area contributed by atoms with Crippen LogP contribution in [0.15, 0.2) is 47.4 Å². The van der Waals surface area contributed by atoms with Crippen LogP contribution < -0.4 is 10.6 Å². The maximum absolute atomic E-state index is 13.0. The van der Waals surface area contributed by atoms with Crippen molar-refractivity contribution in [3.63, 3.8) is 0 Å². The van der Waals surface area contributed by atoms with Crippen molar-refractivity contribution in [3.8, 4) is 0 Å². The van der Waals surface area contributed by atoms with E-state index in [9.17, 15) is 14.4 Å². The Morgan fingerprint density at radius 1 is 1.07 bits per heavy atom. The summed E-state index contributed by atoms with van der Waals surface area (Å²) >= 11 is 1.30. The van der Waals surface area contributed by atoms with E-state index in [1.54, 1.807) is 4.90 Å². The molecule has 156 valence electrons. The van der Waals surface area contributed by atoms with Gasteiger partial charge in [-0.15, -0.1) is 11.8 Å². The minimum atomic E-state index is -0.777. The number of benzene rings is 2. The van der Waals surface area contributed by atoms with E-state index in [1.807, 2.05) is 56.3 Å². The Morgan fingerprint density at radius 2 is 1.80 bits per heavy atom. The van der Waals surface area contributed by atoms with Gasteiger partial charge in [-0.2, -0.15) is 0 Å². The van der Waals surface area contributed by atoms with Gasteiger partial charge >= 0.3 is 0 Å². The van der Waals surface area contributed by atoms with Crippen molar-refractivity contribution in [2.45, 2.75) is 36.8 Å². The Kier molecular flexibility index (Phi) is 5.81. The molecule has 6 nitrogen and oxygen atoms in total. The fourth-order valence-corrected chi connectivity index (χ4v) is 4.88. The van der Waals surface area contributed by atoms with Crippen molar-refractivity contribution in [2.24, 2.45) is 5.92 Å². The van der Waals surface area contributed by atoms with Crippen LogP contribution >= 0.6 is 11.8 Å². The van der Waals surface area contributed by atoms with Crippen LogP contribution in [0.3, 0.4) is 0 Å². The fraction of sp³-hybridized carbons (Fsp3) is 0.348. The number of hydrogen-bond acceptors (Lipinski definition) is 4. The number of nitrogens with zero attached hydrogens (tertiary/aromatic N) is 1. The van der Waals surface area contributed by atoms with Crippen molar-refractivity contribution in [2.75, 3.05) is 23.7 Å². The van der Waals surface area contributed by atoms with Crippen molar-refractivity contribution in [3.05, 3.63) is 53.6 Å². The van der Waals surface area contributed by atoms with Crippen LogP contribution in [0.1, 0.15) is 24.0 Å². The van der Waals surface area contributed by atoms with Gasteiger partial charge in [-0.1, -0.05) is 18.2 Å². The highest BCUT2D eigenvalue weighted by atomic mass is 32.2. The van der Waals surface area contributed by atoms with Crippen LogP contribution in [-0.4, -0.2) is 41.0 Å². The number of carbonyl (C=O) groups excluding carboxylic acids is 3. The quantitative estimate of drug-likeness (QED) is 0.740. The Labute approximate surface area is 180 Å². The molecule has 4 rings (SSSR count). The molecular weight excluding hydrogens is 398 g/mol. The predicted octanol–water partition coefficient (Wildman–Crippen LogP) is 3.59. The Hall–Kier alpha value is -2.80. The second-order valence-corrected chi connectivity index (χ2v) is 9.02. The van der Waals surface area contributed by atoms with Gasteiger partial charge < -0.3 is 15.5 Å². The van der Waals surface area contributed by atoms with Crippen molar-refractivity contribution < 1.29 is 14.4 Å². The molecule has 0 bridgehead atoms. The lowest BCUT2D eigenvalue weighted by Gasteiger charge is -2.34. The molecule has 0 unspecified atom stereocenters. The molecule has 0 aromatic heterocycles. The predicted molar refractivity (Wildman–Crippen MR) is 119 cm³/mol. The SMILES string of the molecule is Cc1ccc(NC(=O)C2CCN(C(=O)[C@@H]3Sc4ccccc4NC3=O)CC2)cc1C. The van der Waals surface area contributed by atoms with E-state index in [2.05, 4.69) is 10.6 Å². The first-order valence-corrected chi connectivity index (χ1v) is 11.0. The molecule has 2 aromatic carbocycles. The number of rotatable bonds is 3. The summed E-state index contributed by atoms with van der Waals surface area (Å²) in [6.07, 6.45) is 1.19. The number of piperidine rings is 1. The van der Waals surface area contributed by atoms with Gasteiger partial charge in [0.25, 0.3) is 0 Å². The highest BCUT2D eigenvalue weighted by molar-refractivity contribution is 8.01. The third kappa shape index (κ3) is 4.21. The molecule has 30 heavy (non-hydrogen) atoms. The summed E-state index contributed by atoms with van der Waals surface area (Å²) in [6, 6.07) is 13.4. The number of anilines is 2. The molecular formula is C23H25N3O3S. The molecule has 2 aromatic rings. The molecule has 2 heterocycles. The number of thioether (sulfide) groups is 1. The first-order chi connectivity index (χ1) is 14.4. The average Bonchev–Trinajstić information content (AvgIpc) is 2.75. The summed E-state index contributed by atoms with van der Waals surface area (Å²) in [4.78, 5) is 40.6. The lowest BCUT2D eigenvalue weighted by atomic mass is 9.95. The lowest BCUT2D eigenvalue weighted by Crippen LogP contribution is -2.48. The third-order valence-corrected chi connectivity index (χ3v) is 7.07. The highest BCUT2D eigenvalue weighted by Gasteiger charge is 2.37. The smallest absolute Gasteiger partial charge is 0.247 e. The molecule has 0 aliphatic carbocycles. The van der Waals surface area contributed by atoms with Gasteiger partial charge in [0.1, 0.15) is 0 Å². The zero-order valence-electron chi connectivity index (χ0n) is 17.1. The maximum Gasteiger partial charge on any atom is 0.247 e. The minimum Gasteiger partial charge on any atom is -0.341 e. The molecule has 0 spiro atoms. The first kappa shape index (κ1) is 20.5. The summed E-state index contributed by atoms with van der Waals surface area (Å²) in [6.45, 7) is 5.02. The van der Waals surface area contributed by atoms with Gasteiger partial charge in [-0.05, 0) is 62.1 Å². The Morgan fingerprint density at radius 3 is 2.53 bits per heavy atom. The largest absolute Gasteiger partial charge is 0.341 e. The van der Waals surface area contributed by atoms with E-state index < -0.39 is 5.25 Å². The van der Waals surface area contributed by atoms with Crippen LogP contribution in [0.4, 0.5) is 11.4 Å². The molecule has 7 heteroatoms. The number of amides is 3. The van der Waals surface area contributed by atoms with Crippen LogP contribution in [-0.2, 0) is 14.4 Å². The van der Waals surface area contributed by atoms with Crippen LogP contribution in [0.25, 0.3) is 0 Å². The number of fused-ring (bicyclic) bond motifs is 1. The van der Waals surface area contributed by atoms with Gasteiger partial charge in [-0.25, -0.2) is 0 Å². The first-order valence-electron chi connectivity index (χ1n) is 10.2. The van der Waals surface area contributed by atoms with E-state index in [4.69, 9.17) is 0 Å². The standard InChI is InChI=1S/C23H25N3O3S/c1-14-7-8-17(13-15(14)2)24-21(27)16-9-11-26(12-10-16)23(29)20-22(28)25-18-5-3-4-6-19(18)30-20/h3-8,13,16,20H,9-12H2,1-2H3,(H,24,27)(H,25,28)/t20-/m1/s1. The van der Waals surface area contributed by atoms with E-state index in [0.717, 1.165) is 21.8 Å². The number of nitrogens with one attached hydrogen (secondary N) is 2. The molecule has 1 atom stereocenters. The number of likely N-dealkylation sites (tertiary alicyclic amines) is 1. The third-order valence-electron chi connectivity index (χ3n) is 5.80. The molecule has 2 aliphatic rings. The Bertz CT molecular complexity index is 999. The van der Waals surface area contributed by atoms with Crippen molar-refractivity contribution in [1.82, 2.24) is 4.90 Å².